The SMILES string of the molecule is CC(C)c1cc(C(C)(C)C)cc(C(F)(F)F)c1. The average Bonchev–Trinajstić information content (AvgIpc) is 2.14. The molecule has 0 unspecified atom stereocenters. The van der Waals surface area contributed by atoms with Crippen LogP contribution in [0.4, 0.5) is 13.2 Å². The van der Waals surface area contributed by atoms with E-state index in [1.165, 1.54) is 12.1 Å². The Hall–Kier alpha value is -0.990. The third-order valence-electron chi connectivity index (χ3n) is 2.82. The molecule has 0 radical (unpaired) electrons. The quantitative estimate of drug-likeness (QED) is 0.642. The fourth-order valence-electron chi connectivity index (χ4n) is 1.58. The van der Waals surface area contributed by atoms with Crippen molar-refractivity contribution in [3.8, 4) is 0 Å². The topological polar surface area (TPSA) is 0 Å². The number of hydrogen-bond acceptors (Lipinski definition) is 0. The summed E-state index contributed by atoms with van der Waals surface area (Å²) in [6, 6.07) is 4.38. The second-order valence-corrected chi connectivity index (χ2v) is 5.75. The highest BCUT2D eigenvalue weighted by atomic mass is 19.4. The number of halogens is 3. The van der Waals surface area contributed by atoms with E-state index in [0.29, 0.717) is 0 Å². The minimum absolute atomic E-state index is 0.0957. The smallest absolute Gasteiger partial charge is 0.166 e. The summed E-state index contributed by atoms with van der Waals surface area (Å²) in [5.41, 5.74) is 0.652. The van der Waals surface area contributed by atoms with Gasteiger partial charge in [-0.05, 0) is 34.6 Å². The fourth-order valence-corrected chi connectivity index (χ4v) is 1.58. The molecule has 17 heavy (non-hydrogen) atoms. The van der Waals surface area contributed by atoms with E-state index in [0.717, 1.165) is 11.1 Å². The Labute approximate surface area is 101 Å². The Morgan fingerprint density at radius 1 is 0.882 bits per heavy atom. The van der Waals surface area contributed by atoms with Crippen molar-refractivity contribution in [2.75, 3.05) is 0 Å². The van der Waals surface area contributed by atoms with Crippen LogP contribution >= 0.6 is 0 Å². The zero-order valence-corrected chi connectivity index (χ0v) is 10.9. The molecule has 0 atom stereocenters. The monoisotopic (exact) mass is 244 g/mol. The van der Waals surface area contributed by atoms with E-state index in [4.69, 9.17) is 0 Å². The number of hydrogen-bond donors (Lipinski definition) is 0. The third kappa shape index (κ3) is 3.48. The van der Waals surface area contributed by atoms with Crippen LogP contribution in [-0.2, 0) is 11.6 Å². The Morgan fingerprint density at radius 3 is 1.71 bits per heavy atom. The van der Waals surface area contributed by atoms with Crippen LogP contribution in [0.5, 0.6) is 0 Å². The van der Waals surface area contributed by atoms with Gasteiger partial charge in [-0.3, -0.25) is 0 Å². The van der Waals surface area contributed by atoms with Crippen LogP contribution < -0.4 is 0 Å². The maximum absolute atomic E-state index is 12.8. The molecule has 0 nitrogen and oxygen atoms in total. The maximum Gasteiger partial charge on any atom is 0.416 e. The molecule has 0 aliphatic carbocycles. The molecule has 0 spiro atoms. The van der Waals surface area contributed by atoms with Crippen LogP contribution in [-0.4, -0.2) is 0 Å². The Balaban J connectivity index is 3.40. The van der Waals surface area contributed by atoms with E-state index < -0.39 is 11.7 Å². The first-order chi connectivity index (χ1) is 7.51. The fraction of sp³-hybridized carbons (Fsp3) is 0.571. The molecular formula is C14H19F3. The van der Waals surface area contributed by atoms with Crippen molar-refractivity contribution < 1.29 is 13.2 Å². The average molecular weight is 244 g/mol. The van der Waals surface area contributed by atoms with E-state index in [9.17, 15) is 13.2 Å². The lowest BCUT2D eigenvalue weighted by molar-refractivity contribution is -0.137. The van der Waals surface area contributed by atoms with Crippen molar-refractivity contribution in [2.45, 2.75) is 52.1 Å². The van der Waals surface area contributed by atoms with Crippen molar-refractivity contribution in [3.05, 3.63) is 34.9 Å². The molecule has 3 heteroatoms. The number of benzene rings is 1. The van der Waals surface area contributed by atoms with Crippen LogP contribution in [0.15, 0.2) is 18.2 Å². The molecular weight excluding hydrogens is 225 g/mol. The van der Waals surface area contributed by atoms with E-state index in [2.05, 4.69) is 0 Å². The van der Waals surface area contributed by atoms with Gasteiger partial charge in [0, 0.05) is 0 Å². The molecule has 0 saturated carbocycles. The minimum Gasteiger partial charge on any atom is -0.166 e. The highest BCUT2D eigenvalue weighted by Gasteiger charge is 2.32. The highest BCUT2D eigenvalue weighted by molar-refractivity contribution is 5.36. The molecule has 0 heterocycles. The largest absolute Gasteiger partial charge is 0.416 e. The second kappa shape index (κ2) is 4.35. The van der Waals surface area contributed by atoms with Gasteiger partial charge in [-0.1, -0.05) is 40.7 Å². The highest BCUT2D eigenvalue weighted by Crippen LogP contribution is 2.35. The summed E-state index contributed by atoms with van der Waals surface area (Å²) in [5, 5.41) is 0. The van der Waals surface area contributed by atoms with E-state index in [1.54, 1.807) is 0 Å². The lowest BCUT2D eigenvalue weighted by Gasteiger charge is -2.23. The predicted molar refractivity (Wildman–Crippen MR) is 64.2 cm³/mol. The molecule has 0 amide bonds. The summed E-state index contributed by atoms with van der Waals surface area (Å²) in [4.78, 5) is 0. The maximum atomic E-state index is 12.8. The van der Waals surface area contributed by atoms with Gasteiger partial charge in [0.15, 0.2) is 0 Å². The molecule has 0 aliphatic rings. The van der Waals surface area contributed by atoms with Crippen LogP contribution in [0.1, 0.15) is 57.2 Å². The molecule has 0 aromatic heterocycles. The summed E-state index contributed by atoms with van der Waals surface area (Å²) in [5.74, 6) is 0.0957. The van der Waals surface area contributed by atoms with Gasteiger partial charge in [-0.25, -0.2) is 0 Å². The third-order valence-corrected chi connectivity index (χ3v) is 2.82. The molecule has 0 saturated heterocycles. The zero-order valence-electron chi connectivity index (χ0n) is 10.9. The standard InChI is InChI=1S/C14H19F3/c1-9(2)10-6-11(13(3,4)5)8-12(7-10)14(15,16)17/h6-9H,1-5H3. The van der Waals surface area contributed by atoms with E-state index in [-0.39, 0.29) is 11.3 Å². The van der Waals surface area contributed by atoms with E-state index >= 15 is 0 Å². The van der Waals surface area contributed by atoms with Crippen LogP contribution in [0, 0.1) is 0 Å². The first kappa shape index (κ1) is 14.1. The van der Waals surface area contributed by atoms with Crippen molar-refractivity contribution in [3.63, 3.8) is 0 Å². The summed E-state index contributed by atoms with van der Waals surface area (Å²) in [7, 11) is 0. The number of rotatable bonds is 1. The molecule has 1 rings (SSSR count). The first-order valence-electron chi connectivity index (χ1n) is 5.74. The Kier molecular flexibility index (Phi) is 3.60. The Bertz CT molecular complexity index is 363. The Morgan fingerprint density at radius 2 is 1.35 bits per heavy atom. The van der Waals surface area contributed by atoms with Gasteiger partial charge in [0.25, 0.3) is 0 Å². The van der Waals surface area contributed by atoms with Crippen LogP contribution in [0.2, 0.25) is 0 Å². The van der Waals surface area contributed by atoms with Gasteiger partial charge in [-0.2, -0.15) is 13.2 Å². The summed E-state index contributed by atoms with van der Waals surface area (Å²) < 4.78 is 38.4. The van der Waals surface area contributed by atoms with E-state index in [1.807, 2.05) is 40.7 Å². The number of alkyl halides is 3. The molecule has 1 aromatic carbocycles. The molecule has 0 bridgehead atoms. The van der Waals surface area contributed by atoms with Crippen LogP contribution in [0.25, 0.3) is 0 Å². The summed E-state index contributed by atoms with van der Waals surface area (Å²) in [6.07, 6.45) is -4.27. The molecule has 1 aromatic rings. The first-order valence-corrected chi connectivity index (χ1v) is 5.74. The normalized spacial score (nSPS) is 13.2. The molecule has 0 fully saturated rings. The van der Waals surface area contributed by atoms with Gasteiger partial charge in [-0.15, -0.1) is 0 Å². The van der Waals surface area contributed by atoms with Gasteiger partial charge in [0.1, 0.15) is 0 Å². The lowest BCUT2D eigenvalue weighted by Crippen LogP contribution is -2.15. The van der Waals surface area contributed by atoms with Crippen molar-refractivity contribution >= 4 is 0 Å². The minimum atomic E-state index is -4.27. The predicted octanol–water partition coefficient (Wildman–Crippen LogP) is 5.13. The zero-order chi connectivity index (χ0) is 13.4. The second-order valence-electron chi connectivity index (χ2n) is 5.75. The molecule has 0 aliphatic heterocycles. The van der Waals surface area contributed by atoms with Crippen molar-refractivity contribution in [2.24, 2.45) is 0 Å². The van der Waals surface area contributed by atoms with Gasteiger partial charge in [0.2, 0.25) is 0 Å². The molecule has 0 N–H and O–H groups in total. The van der Waals surface area contributed by atoms with Crippen LogP contribution in [0.3, 0.4) is 0 Å². The lowest BCUT2D eigenvalue weighted by atomic mass is 9.83. The van der Waals surface area contributed by atoms with Gasteiger partial charge >= 0.3 is 6.18 Å². The van der Waals surface area contributed by atoms with Crippen molar-refractivity contribution in [1.29, 1.82) is 0 Å². The van der Waals surface area contributed by atoms with Gasteiger partial charge in [0.05, 0.1) is 5.56 Å². The van der Waals surface area contributed by atoms with Gasteiger partial charge < -0.3 is 0 Å². The summed E-state index contributed by atoms with van der Waals surface area (Å²) in [6.45, 7) is 9.58. The molecule has 96 valence electrons. The van der Waals surface area contributed by atoms with Crippen molar-refractivity contribution in [1.82, 2.24) is 0 Å². The summed E-state index contributed by atoms with van der Waals surface area (Å²) >= 11 is 0.